The molecule has 1 aliphatic carbocycles. The molecular weight excluding hydrogens is 254 g/mol. The first-order valence-corrected chi connectivity index (χ1v) is 7.55. The third-order valence-electron chi connectivity index (χ3n) is 4.20. The molecule has 1 atom stereocenters. The van der Waals surface area contributed by atoms with Gasteiger partial charge in [-0.25, -0.2) is 15.8 Å². The number of hydrazine groups is 1. The molecule has 0 radical (unpaired) electrons. The SMILES string of the molecule is NNc1cc(N2CCCCC2CCO)nc(C2CC2)n1. The van der Waals surface area contributed by atoms with Crippen LogP contribution in [0.5, 0.6) is 0 Å². The number of aliphatic hydroxyl groups is 1. The van der Waals surface area contributed by atoms with Gasteiger partial charge in [-0.2, -0.15) is 0 Å². The maximum absolute atomic E-state index is 9.25. The Kier molecular flexibility index (Phi) is 4.03. The van der Waals surface area contributed by atoms with Gasteiger partial charge in [0.2, 0.25) is 0 Å². The van der Waals surface area contributed by atoms with Crippen molar-refractivity contribution in [1.82, 2.24) is 9.97 Å². The Morgan fingerprint density at radius 2 is 2.15 bits per heavy atom. The summed E-state index contributed by atoms with van der Waals surface area (Å²) in [4.78, 5) is 11.5. The fourth-order valence-electron chi connectivity index (χ4n) is 2.95. The Morgan fingerprint density at radius 3 is 2.85 bits per heavy atom. The van der Waals surface area contributed by atoms with Crippen molar-refractivity contribution in [3.63, 3.8) is 0 Å². The van der Waals surface area contributed by atoms with E-state index in [0.29, 0.717) is 17.8 Å². The summed E-state index contributed by atoms with van der Waals surface area (Å²) in [6, 6.07) is 2.29. The lowest BCUT2D eigenvalue weighted by molar-refractivity contribution is 0.262. The molecule has 3 rings (SSSR count). The Bertz CT molecular complexity index is 461. The van der Waals surface area contributed by atoms with Gasteiger partial charge in [0.1, 0.15) is 17.5 Å². The Morgan fingerprint density at radius 1 is 1.30 bits per heavy atom. The van der Waals surface area contributed by atoms with Crippen LogP contribution in [-0.4, -0.2) is 34.3 Å². The molecule has 2 aliphatic rings. The lowest BCUT2D eigenvalue weighted by atomic mass is 9.99. The van der Waals surface area contributed by atoms with E-state index in [0.717, 1.165) is 31.0 Å². The molecule has 2 fully saturated rings. The van der Waals surface area contributed by atoms with Gasteiger partial charge < -0.3 is 15.4 Å². The van der Waals surface area contributed by atoms with Crippen molar-refractivity contribution < 1.29 is 5.11 Å². The number of hydrogen-bond acceptors (Lipinski definition) is 6. The van der Waals surface area contributed by atoms with Gasteiger partial charge in [0.15, 0.2) is 0 Å². The van der Waals surface area contributed by atoms with Crippen LogP contribution >= 0.6 is 0 Å². The molecule has 0 amide bonds. The number of nitrogens with zero attached hydrogens (tertiary/aromatic N) is 3. The number of rotatable bonds is 5. The summed E-state index contributed by atoms with van der Waals surface area (Å²) in [6.07, 6.45) is 6.67. The van der Waals surface area contributed by atoms with Gasteiger partial charge in [0.25, 0.3) is 0 Å². The third kappa shape index (κ3) is 2.86. The molecule has 1 unspecified atom stereocenters. The molecular formula is C14H23N5O. The molecule has 1 aromatic rings. The molecule has 0 bridgehead atoms. The van der Waals surface area contributed by atoms with Crippen molar-refractivity contribution in [2.45, 2.75) is 50.5 Å². The predicted molar refractivity (Wildman–Crippen MR) is 78.5 cm³/mol. The van der Waals surface area contributed by atoms with Crippen LogP contribution in [-0.2, 0) is 0 Å². The molecule has 6 nitrogen and oxygen atoms in total. The van der Waals surface area contributed by atoms with E-state index in [1.807, 2.05) is 6.07 Å². The fraction of sp³-hybridized carbons (Fsp3) is 0.714. The highest BCUT2D eigenvalue weighted by molar-refractivity contribution is 5.50. The molecule has 110 valence electrons. The second kappa shape index (κ2) is 5.93. The second-order valence-electron chi connectivity index (χ2n) is 5.74. The lowest BCUT2D eigenvalue weighted by Crippen LogP contribution is -2.41. The molecule has 0 spiro atoms. The minimum atomic E-state index is 0.226. The molecule has 0 aromatic carbocycles. The van der Waals surface area contributed by atoms with Crippen molar-refractivity contribution >= 4 is 11.6 Å². The van der Waals surface area contributed by atoms with E-state index in [2.05, 4.69) is 15.3 Å². The third-order valence-corrected chi connectivity index (χ3v) is 4.20. The maximum Gasteiger partial charge on any atom is 0.145 e. The van der Waals surface area contributed by atoms with Gasteiger partial charge in [-0.05, 0) is 38.5 Å². The minimum Gasteiger partial charge on any atom is -0.396 e. The quantitative estimate of drug-likeness (QED) is 0.557. The van der Waals surface area contributed by atoms with Crippen LogP contribution in [0.4, 0.5) is 11.6 Å². The highest BCUT2D eigenvalue weighted by Crippen LogP contribution is 2.39. The molecule has 1 aromatic heterocycles. The van der Waals surface area contributed by atoms with Crippen LogP contribution in [0, 0.1) is 0 Å². The maximum atomic E-state index is 9.25. The first kappa shape index (κ1) is 13.6. The van der Waals surface area contributed by atoms with Crippen LogP contribution in [0.25, 0.3) is 0 Å². The molecule has 4 N–H and O–H groups in total. The van der Waals surface area contributed by atoms with Crippen molar-refractivity contribution in [3.8, 4) is 0 Å². The van der Waals surface area contributed by atoms with Gasteiger partial charge >= 0.3 is 0 Å². The van der Waals surface area contributed by atoms with Crippen LogP contribution in [0.3, 0.4) is 0 Å². The normalized spacial score (nSPS) is 22.9. The number of aliphatic hydroxyl groups excluding tert-OH is 1. The number of nitrogen functional groups attached to an aromatic ring is 1. The number of hydrogen-bond donors (Lipinski definition) is 3. The number of aromatic nitrogens is 2. The number of anilines is 2. The molecule has 1 saturated carbocycles. The minimum absolute atomic E-state index is 0.226. The van der Waals surface area contributed by atoms with Crippen LogP contribution in [0.1, 0.15) is 50.3 Å². The van der Waals surface area contributed by atoms with E-state index < -0.39 is 0 Å². The molecule has 6 heteroatoms. The van der Waals surface area contributed by atoms with Gasteiger partial charge in [-0.1, -0.05) is 0 Å². The zero-order chi connectivity index (χ0) is 13.9. The summed E-state index contributed by atoms with van der Waals surface area (Å²) in [6.45, 7) is 1.22. The largest absolute Gasteiger partial charge is 0.396 e. The van der Waals surface area contributed by atoms with E-state index in [1.54, 1.807) is 0 Å². The standard InChI is InChI=1S/C14H23N5O/c15-18-12-9-13(17-14(16-12)10-4-5-10)19-7-2-1-3-11(19)6-8-20/h9-11,20H,1-8,15H2,(H,16,17,18). The van der Waals surface area contributed by atoms with E-state index in [-0.39, 0.29) is 6.61 Å². The fourth-order valence-corrected chi connectivity index (χ4v) is 2.95. The number of nitrogens with two attached hydrogens (primary N) is 1. The second-order valence-corrected chi connectivity index (χ2v) is 5.74. The lowest BCUT2D eigenvalue weighted by Gasteiger charge is -2.36. The van der Waals surface area contributed by atoms with Gasteiger partial charge in [-0.3, -0.25) is 0 Å². The summed E-state index contributed by atoms with van der Waals surface area (Å²) in [5.41, 5.74) is 2.65. The first-order valence-electron chi connectivity index (χ1n) is 7.55. The molecule has 1 saturated heterocycles. The van der Waals surface area contributed by atoms with E-state index in [4.69, 9.17) is 10.8 Å². The highest BCUT2D eigenvalue weighted by atomic mass is 16.3. The van der Waals surface area contributed by atoms with Crippen molar-refractivity contribution in [3.05, 3.63) is 11.9 Å². The summed E-state index contributed by atoms with van der Waals surface area (Å²) in [5.74, 6) is 8.58. The molecule has 20 heavy (non-hydrogen) atoms. The molecule has 1 aliphatic heterocycles. The monoisotopic (exact) mass is 277 g/mol. The highest BCUT2D eigenvalue weighted by Gasteiger charge is 2.29. The summed E-state index contributed by atoms with van der Waals surface area (Å²) in [5, 5.41) is 9.25. The smallest absolute Gasteiger partial charge is 0.145 e. The van der Waals surface area contributed by atoms with Gasteiger partial charge in [-0.15, -0.1) is 0 Å². The Balaban J connectivity index is 1.88. The zero-order valence-corrected chi connectivity index (χ0v) is 11.8. The summed E-state index contributed by atoms with van der Waals surface area (Å²) >= 11 is 0. The average molecular weight is 277 g/mol. The van der Waals surface area contributed by atoms with E-state index in [1.165, 1.54) is 25.7 Å². The van der Waals surface area contributed by atoms with Gasteiger partial charge in [0.05, 0.1) is 0 Å². The topological polar surface area (TPSA) is 87.3 Å². The van der Waals surface area contributed by atoms with Crippen LogP contribution < -0.4 is 16.2 Å². The summed E-state index contributed by atoms with van der Waals surface area (Å²) < 4.78 is 0. The van der Waals surface area contributed by atoms with Crippen molar-refractivity contribution in [2.24, 2.45) is 5.84 Å². The Hall–Kier alpha value is -1.40. The van der Waals surface area contributed by atoms with Crippen LogP contribution in [0.15, 0.2) is 6.07 Å². The Labute approximate surface area is 119 Å². The number of nitrogens with one attached hydrogen (secondary N) is 1. The molecule has 2 heterocycles. The number of piperidine rings is 1. The van der Waals surface area contributed by atoms with Gasteiger partial charge in [0, 0.05) is 31.2 Å². The van der Waals surface area contributed by atoms with Crippen molar-refractivity contribution in [2.75, 3.05) is 23.5 Å². The van der Waals surface area contributed by atoms with Crippen molar-refractivity contribution in [1.29, 1.82) is 0 Å². The van der Waals surface area contributed by atoms with E-state index in [9.17, 15) is 5.11 Å². The van der Waals surface area contributed by atoms with Crippen LogP contribution in [0.2, 0.25) is 0 Å². The average Bonchev–Trinajstić information content (AvgIpc) is 3.32. The van der Waals surface area contributed by atoms with E-state index >= 15 is 0 Å². The summed E-state index contributed by atoms with van der Waals surface area (Å²) in [7, 11) is 0. The predicted octanol–water partition coefficient (Wildman–Crippen LogP) is 1.38. The first-order chi connectivity index (χ1) is 9.81. The zero-order valence-electron chi connectivity index (χ0n) is 11.8.